The summed E-state index contributed by atoms with van der Waals surface area (Å²) in [6, 6.07) is -1.01. The second-order valence-electron chi connectivity index (χ2n) is 2.88. The van der Waals surface area contributed by atoms with E-state index < -0.39 is 12.1 Å². The van der Waals surface area contributed by atoms with Gasteiger partial charge < -0.3 is 16.0 Å². The molecule has 0 radical (unpaired) electrons. The molecule has 0 aromatic heterocycles. The van der Waals surface area contributed by atoms with Crippen molar-refractivity contribution in [3.05, 3.63) is 0 Å². The van der Waals surface area contributed by atoms with Gasteiger partial charge in [-0.2, -0.15) is 25.3 Å². The highest BCUT2D eigenvalue weighted by Crippen LogP contribution is 1.92. The highest BCUT2D eigenvalue weighted by atomic mass is 35.5. The summed E-state index contributed by atoms with van der Waals surface area (Å²) in [5, 5.41) is 7.83. The minimum Gasteiger partial charge on any atom is -0.357 e. The Kier molecular flexibility index (Phi) is 11.5. The molecule has 0 spiro atoms. The van der Waals surface area contributed by atoms with Crippen molar-refractivity contribution in [2.75, 3.05) is 25.6 Å². The summed E-state index contributed by atoms with van der Waals surface area (Å²) in [5.41, 5.74) is 0. The predicted octanol–water partition coefficient (Wildman–Crippen LogP) is -0.913. The Morgan fingerprint density at radius 1 is 1.06 bits per heavy atom. The van der Waals surface area contributed by atoms with Gasteiger partial charge in [0.05, 0.1) is 6.04 Å². The molecule has 2 atom stereocenters. The lowest BCUT2D eigenvalue weighted by molar-refractivity contribution is -0.128. The SMILES string of the molecule is CNC(=O)[C@H](CS)NC(=O)[C@H](CS)NC.Cl. The lowest BCUT2D eigenvalue weighted by Crippen LogP contribution is -2.53. The van der Waals surface area contributed by atoms with Crippen LogP contribution >= 0.6 is 37.7 Å². The van der Waals surface area contributed by atoms with Crippen molar-refractivity contribution < 1.29 is 9.59 Å². The van der Waals surface area contributed by atoms with E-state index in [4.69, 9.17) is 0 Å². The number of thiol groups is 2. The Balaban J connectivity index is 0. The topological polar surface area (TPSA) is 70.2 Å². The van der Waals surface area contributed by atoms with Crippen LogP contribution in [0.25, 0.3) is 0 Å². The van der Waals surface area contributed by atoms with Gasteiger partial charge in [0.15, 0.2) is 0 Å². The largest absolute Gasteiger partial charge is 0.357 e. The van der Waals surface area contributed by atoms with E-state index >= 15 is 0 Å². The molecule has 16 heavy (non-hydrogen) atoms. The van der Waals surface area contributed by atoms with E-state index in [1.54, 1.807) is 7.05 Å². The fourth-order valence-corrected chi connectivity index (χ4v) is 1.55. The summed E-state index contributed by atoms with van der Waals surface area (Å²) < 4.78 is 0. The summed E-state index contributed by atoms with van der Waals surface area (Å²) in [5.74, 6) is 0.117. The van der Waals surface area contributed by atoms with Crippen LogP contribution in [0.2, 0.25) is 0 Å². The van der Waals surface area contributed by atoms with Crippen LogP contribution < -0.4 is 16.0 Å². The van der Waals surface area contributed by atoms with Gasteiger partial charge in [0.25, 0.3) is 0 Å². The normalized spacial score (nSPS) is 13.2. The summed E-state index contributed by atoms with van der Waals surface area (Å²) >= 11 is 8.01. The third kappa shape index (κ3) is 5.83. The fourth-order valence-electron chi connectivity index (χ4n) is 0.946. The molecule has 0 rings (SSSR count). The first-order valence-electron chi connectivity index (χ1n) is 4.51. The monoisotopic (exact) mass is 287 g/mol. The van der Waals surface area contributed by atoms with Crippen LogP contribution in [0.4, 0.5) is 0 Å². The van der Waals surface area contributed by atoms with Crippen molar-refractivity contribution in [3.8, 4) is 0 Å². The number of carbonyl (C=O) groups excluding carboxylic acids is 2. The van der Waals surface area contributed by atoms with E-state index in [2.05, 4.69) is 41.2 Å². The van der Waals surface area contributed by atoms with Crippen LogP contribution in [-0.4, -0.2) is 49.5 Å². The molecule has 0 aromatic rings. The molecule has 8 heteroatoms. The standard InChI is InChI=1S/C8H17N3O2S2.ClH/c1-9-5(3-14)8(13)11-6(4-15)7(12)10-2;/h5-6,9,14-15H,3-4H2,1-2H3,(H,10,12)(H,11,13);1H/t5-,6-;/m0./s1. The lowest BCUT2D eigenvalue weighted by atomic mass is 10.2. The van der Waals surface area contributed by atoms with E-state index in [1.807, 2.05) is 0 Å². The van der Waals surface area contributed by atoms with Gasteiger partial charge in [0.1, 0.15) is 6.04 Å². The molecular formula is C8H18ClN3O2S2. The highest BCUT2D eigenvalue weighted by molar-refractivity contribution is 7.80. The van der Waals surface area contributed by atoms with E-state index in [0.29, 0.717) is 5.75 Å². The van der Waals surface area contributed by atoms with Crippen molar-refractivity contribution >= 4 is 49.5 Å². The summed E-state index contributed by atoms with van der Waals surface area (Å²) in [4.78, 5) is 22.8. The maximum absolute atomic E-state index is 11.6. The molecule has 0 aliphatic rings. The number of amides is 2. The molecule has 3 N–H and O–H groups in total. The van der Waals surface area contributed by atoms with Crippen LogP contribution in [0.5, 0.6) is 0 Å². The zero-order chi connectivity index (χ0) is 11.8. The van der Waals surface area contributed by atoms with E-state index in [1.165, 1.54) is 7.05 Å². The minimum absolute atomic E-state index is 0. The van der Waals surface area contributed by atoms with Gasteiger partial charge >= 0.3 is 0 Å². The molecule has 0 saturated carbocycles. The number of carbonyl (C=O) groups is 2. The van der Waals surface area contributed by atoms with Crippen molar-refractivity contribution in [1.82, 2.24) is 16.0 Å². The van der Waals surface area contributed by atoms with Gasteiger partial charge in [0.2, 0.25) is 11.8 Å². The number of nitrogens with one attached hydrogen (secondary N) is 3. The van der Waals surface area contributed by atoms with Crippen molar-refractivity contribution in [1.29, 1.82) is 0 Å². The minimum atomic E-state index is -0.610. The molecule has 0 unspecified atom stereocenters. The molecule has 5 nitrogen and oxygen atoms in total. The first kappa shape index (κ1) is 18.3. The summed E-state index contributed by atoms with van der Waals surface area (Å²) in [6.45, 7) is 0. The molecule has 0 aliphatic carbocycles. The zero-order valence-electron chi connectivity index (χ0n) is 9.19. The van der Waals surface area contributed by atoms with Gasteiger partial charge in [-0.15, -0.1) is 12.4 Å². The quantitative estimate of drug-likeness (QED) is 0.411. The molecule has 0 saturated heterocycles. The molecule has 2 amide bonds. The molecule has 0 aromatic carbocycles. The molecule has 96 valence electrons. The van der Waals surface area contributed by atoms with Gasteiger partial charge in [0, 0.05) is 18.6 Å². The Morgan fingerprint density at radius 2 is 1.56 bits per heavy atom. The Morgan fingerprint density at radius 3 is 1.88 bits per heavy atom. The average Bonchev–Trinajstić information content (AvgIpc) is 2.26. The van der Waals surface area contributed by atoms with Gasteiger partial charge in [-0.25, -0.2) is 0 Å². The number of likely N-dealkylation sites (N-methyl/N-ethyl adjacent to an activating group) is 2. The van der Waals surface area contributed by atoms with Crippen molar-refractivity contribution in [2.45, 2.75) is 12.1 Å². The Labute approximate surface area is 113 Å². The third-order valence-corrected chi connectivity index (χ3v) is 2.64. The van der Waals surface area contributed by atoms with E-state index in [9.17, 15) is 9.59 Å². The Bertz CT molecular complexity index is 227. The number of rotatable bonds is 6. The van der Waals surface area contributed by atoms with Gasteiger partial charge in [-0.05, 0) is 7.05 Å². The third-order valence-electron chi connectivity index (χ3n) is 1.91. The summed E-state index contributed by atoms with van der Waals surface area (Å²) in [6.07, 6.45) is 0. The molecular weight excluding hydrogens is 270 g/mol. The Hall–Kier alpha value is -0.110. The maximum Gasteiger partial charge on any atom is 0.243 e. The predicted molar refractivity (Wildman–Crippen MR) is 73.8 cm³/mol. The van der Waals surface area contributed by atoms with Gasteiger partial charge in [-0.1, -0.05) is 0 Å². The van der Waals surface area contributed by atoms with Gasteiger partial charge in [-0.3, -0.25) is 9.59 Å². The second-order valence-corrected chi connectivity index (χ2v) is 3.61. The molecule has 0 heterocycles. The number of hydrogen-bond donors (Lipinski definition) is 5. The fraction of sp³-hybridized carbons (Fsp3) is 0.750. The first-order chi connectivity index (χ1) is 7.10. The van der Waals surface area contributed by atoms with E-state index in [0.717, 1.165) is 0 Å². The van der Waals surface area contributed by atoms with Crippen LogP contribution in [0.3, 0.4) is 0 Å². The highest BCUT2D eigenvalue weighted by Gasteiger charge is 2.21. The lowest BCUT2D eigenvalue weighted by Gasteiger charge is -2.19. The average molecular weight is 288 g/mol. The van der Waals surface area contributed by atoms with Crippen molar-refractivity contribution in [2.24, 2.45) is 0 Å². The zero-order valence-corrected chi connectivity index (χ0v) is 11.8. The van der Waals surface area contributed by atoms with Crippen LogP contribution in [-0.2, 0) is 9.59 Å². The maximum atomic E-state index is 11.6. The smallest absolute Gasteiger partial charge is 0.243 e. The van der Waals surface area contributed by atoms with Crippen LogP contribution in [0.15, 0.2) is 0 Å². The first-order valence-corrected chi connectivity index (χ1v) is 5.78. The van der Waals surface area contributed by atoms with Crippen LogP contribution in [0.1, 0.15) is 0 Å². The summed E-state index contributed by atoms with van der Waals surface area (Å²) in [7, 11) is 3.18. The van der Waals surface area contributed by atoms with Crippen molar-refractivity contribution in [3.63, 3.8) is 0 Å². The molecule has 0 bridgehead atoms. The second kappa shape index (κ2) is 10.1. The van der Waals surface area contributed by atoms with E-state index in [-0.39, 0.29) is 30.0 Å². The number of hydrogen-bond acceptors (Lipinski definition) is 5. The molecule has 0 fully saturated rings. The molecule has 0 aliphatic heterocycles. The number of halogens is 1. The van der Waals surface area contributed by atoms with Crippen LogP contribution in [0, 0.1) is 0 Å².